The van der Waals surface area contributed by atoms with Gasteiger partial charge in [0.25, 0.3) is 0 Å². The van der Waals surface area contributed by atoms with Crippen molar-refractivity contribution in [3.8, 4) is 0 Å². The number of carbonyl (C=O) groups is 1. The van der Waals surface area contributed by atoms with Gasteiger partial charge >= 0.3 is 5.69 Å². The maximum Gasteiger partial charge on any atom is 0.333 e. The van der Waals surface area contributed by atoms with Crippen molar-refractivity contribution in [1.29, 1.82) is 0 Å². The summed E-state index contributed by atoms with van der Waals surface area (Å²) in [5.41, 5.74) is 5.15. The number of rotatable bonds is 4. The number of nitrogen functional groups attached to an aromatic ring is 1. The largest absolute Gasteiger partial charge is 0.394 e. The van der Waals surface area contributed by atoms with Crippen LogP contribution in [0, 0.1) is 0 Å². The highest BCUT2D eigenvalue weighted by Gasteiger charge is 2.46. The molecule has 0 aromatic carbocycles. The Labute approximate surface area is 158 Å². The number of ether oxygens (including phenoxy) is 1. The third-order valence-corrected chi connectivity index (χ3v) is 5.20. The van der Waals surface area contributed by atoms with Gasteiger partial charge in [0.2, 0.25) is 11.9 Å². The average Bonchev–Trinajstić information content (AvgIpc) is 3.36. The van der Waals surface area contributed by atoms with Gasteiger partial charge in [0.15, 0.2) is 18.0 Å². The molecule has 0 aliphatic carbocycles. The Morgan fingerprint density at radius 3 is 2.75 bits per heavy atom. The molecule has 2 saturated heterocycles. The molecule has 2 aromatic heterocycles. The number of likely N-dealkylation sites (tertiary alicyclic amines) is 1. The fraction of sp³-hybridized carbons (Fsp3) is 0.625. The quantitative estimate of drug-likeness (QED) is 0.559. The minimum Gasteiger partial charge on any atom is -0.394 e. The van der Waals surface area contributed by atoms with E-state index < -0.39 is 36.9 Å². The molecule has 11 nitrogen and oxygen atoms in total. The first-order valence-corrected chi connectivity index (χ1v) is 9.02. The molecule has 2 fully saturated rings. The molecule has 2 aliphatic rings. The molecule has 0 unspecified atom stereocenters. The van der Waals surface area contributed by atoms with Crippen LogP contribution in [0.25, 0.3) is 11.2 Å². The second kappa shape index (κ2) is 7.11. The van der Waals surface area contributed by atoms with Gasteiger partial charge in [-0.3, -0.25) is 9.36 Å². The van der Waals surface area contributed by atoms with E-state index in [1.54, 1.807) is 4.90 Å². The predicted octanol–water partition coefficient (Wildman–Crippen LogP) is -1.61. The van der Waals surface area contributed by atoms with Gasteiger partial charge < -0.3 is 25.6 Å². The molecule has 0 radical (unpaired) electrons. The van der Waals surface area contributed by atoms with Crippen molar-refractivity contribution >= 4 is 23.0 Å². The summed E-state index contributed by atoms with van der Waals surface area (Å²) in [4.78, 5) is 35.2. The van der Waals surface area contributed by atoms with E-state index >= 15 is 0 Å². The first-order valence-electron chi connectivity index (χ1n) is 9.02. The second-order valence-electron chi connectivity index (χ2n) is 6.95. The number of aliphatic hydroxyl groups is 2. The van der Waals surface area contributed by atoms with E-state index in [0.717, 1.165) is 22.0 Å². The zero-order valence-corrected chi connectivity index (χ0v) is 14.9. The summed E-state index contributed by atoms with van der Waals surface area (Å²) in [6.45, 7) is 0.345. The lowest BCUT2D eigenvalue weighted by Crippen LogP contribution is -2.37. The van der Waals surface area contributed by atoms with E-state index in [1.807, 2.05) is 0 Å². The van der Waals surface area contributed by atoms with E-state index in [2.05, 4.69) is 9.97 Å². The van der Waals surface area contributed by atoms with E-state index in [4.69, 9.17) is 10.5 Å². The molecule has 0 spiro atoms. The molecule has 0 bridgehead atoms. The number of nitrogens with zero attached hydrogens (tertiary/aromatic N) is 5. The molecule has 4 atom stereocenters. The standard InChI is InChI=1S/C16H21FN6O5/c17-11-9(7-24)28-14(12(11)26)23-13-8(5-19-15(18)20-13)22(16(23)27)6-10(25)21-3-1-2-4-21/h5,9,11-12,14,24,26H,1-4,6-7H2,(H2,18,19,20)/t9-,11-,12-,14-/m1/s1. The van der Waals surface area contributed by atoms with Crippen LogP contribution in [0.2, 0.25) is 0 Å². The minimum atomic E-state index is -1.88. The highest BCUT2D eigenvalue weighted by atomic mass is 19.1. The summed E-state index contributed by atoms with van der Waals surface area (Å²) in [7, 11) is 0. The van der Waals surface area contributed by atoms with Gasteiger partial charge in [0.1, 0.15) is 24.3 Å². The Bertz CT molecular complexity index is 955. The Morgan fingerprint density at radius 2 is 2.11 bits per heavy atom. The molecule has 4 heterocycles. The van der Waals surface area contributed by atoms with Crippen LogP contribution < -0.4 is 11.4 Å². The van der Waals surface area contributed by atoms with E-state index in [-0.39, 0.29) is 29.6 Å². The molecule has 1 amide bonds. The van der Waals surface area contributed by atoms with Gasteiger partial charge in [-0.1, -0.05) is 0 Å². The number of alkyl halides is 1. The molecule has 4 N–H and O–H groups in total. The lowest BCUT2D eigenvalue weighted by molar-refractivity contribution is -0.130. The smallest absolute Gasteiger partial charge is 0.333 e. The lowest BCUT2D eigenvalue weighted by Gasteiger charge is -2.16. The first kappa shape index (κ1) is 18.8. The molecular weight excluding hydrogens is 375 g/mol. The average molecular weight is 396 g/mol. The fourth-order valence-corrected chi connectivity index (χ4v) is 3.72. The highest BCUT2D eigenvalue weighted by molar-refractivity contribution is 5.79. The SMILES string of the molecule is Nc1ncc2c(n1)n([C@@H]1O[C@H](CO)[C@@H](F)[C@H]1O)c(=O)n2CC(=O)N1CCCC1. The molecule has 2 aliphatic heterocycles. The fourth-order valence-electron chi connectivity index (χ4n) is 3.72. The number of amides is 1. The Balaban J connectivity index is 1.79. The molecule has 28 heavy (non-hydrogen) atoms. The maximum absolute atomic E-state index is 14.2. The number of imidazole rings is 1. The van der Waals surface area contributed by atoms with Crippen LogP contribution >= 0.6 is 0 Å². The highest BCUT2D eigenvalue weighted by Crippen LogP contribution is 2.32. The maximum atomic E-state index is 14.2. The number of anilines is 1. The number of aromatic nitrogens is 4. The van der Waals surface area contributed by atoms with Crippen molar-refractivity contribution in [2.45, 2.75) is 44.0 Å². The van der Waals surface area contributed by atoms with Crippen molar-refractivity contribution in [2.24, 2.45) is 0 Å². The van der Waals surface area contributed by atoms with Crippen LogP contribution in [0.3, 0.4) is 0 Å². The molecule has 152 valence electrons. The van der Waals surface area contributed by atoms with E-state index in [9.17, 15) is 24.2 Å². The van der Waals surface area contributed by atoms with Crippen LogP contribution in [0.5, 0.6) is 0 Å². The summed E-state index contributed by atoms with van der Waals surface area (Å²) in [5.74, 6) is -0.368. The van der Waals surface area contributed by atoms with Crippen LogP contribution in [0.4, 0.5) is 10.3 Å². The van der Waals surface area contributed by atoms with E-state index in [1.165, 1.54) is 6.20 Å². The molecule has 12 heteroatoms. The normalized spacial score (nSPS) is 27.8. The zero-order chi connectivity index (χ0) is 20.0. The third kappa shape index (κ3) is 2.93. The number of nitrogens with two attached hydrogens (primary N) is 1. The Hall–Kier alpha value is -2.57. The summed E-state index contributed by atoms with van der Waals surface area (Å²) in [6, 6.07) is 0. The van der Waals surface area contributed by atoms with Crippen LogP contribution in [-0.4, -0.2) is 78.2 Å². The number of hydrogen-bond acceptors (Lipinski definition) is 8. The topological polar surface area (TPSA) is 149 Å². The Morgan fingerprint density at radius 1 is 1.39 bits per heavy atom. The predicted molar refractivity (Wildman–Crippen MR) is 93.9 cm³/mol. The van der Waals surface area contributed by atoms with Crippen LogP contribution in [0.1, 0.15) is 19.1 Å². The second-order valence-corrected chi connectivity index (χ2v) is 6.95. The monoisotopic (exact) mass is 396 g/mol. The van der Waals surface area contributed by atoms with Gasteiger partial charge in [0.05, 0.1) is 12.8 Å². The molecular formula is C16H21FN6O5. The number of aliphatic hydroxyl groups excluding tert-OH is 2. The summed E-state index contributed by atoms with van der Waals surface area (Å²) >= 11 is 0. The summed E-state index contributed by atoms with van der Waals surface area (Å²) in [6.07, 6.45) is -3.17. The molecule has 2 aromatic rings. The van der Waals surface area contributed by atoms with Crippen molar-refractivity contribution in [3.05, 3.63) is 16.7 Å². The van der Waals surface area contributed by atoms with Crippen LogP contribution in [-0.2, 0) is 16.1 Å². The molecule has 0 saturated carbocycles. The van der Waals surface area contributed by atoms with Crippen molar-refractivity contribution in [3.63, 3.8) is 0 Å². The number of fused-ring (bicyclic) bond motifs is 1. The van der Waals surface area contributed by atoms with Gasteiger partial charge in [-0.05, 0) is 12.8 Å². The first-order chi connectivity index (χ1) is 13.4. The van der Waals surface area contributed by atoms with Gasteiger partial charge in [-0.25, -0.2) is 18.7 Å². The van der Waals surface area contributed by atoms with E-state index in [0.29, 0.717) is 13.1 Å². The summed E-state index contributed by atoms with van der Waals surface area (Å²) < 4.78 is 21.6. The van der Waals surface area contributed by atoms with Gasteiger partial charge in [-0.2, -0.15) is 4.98 Å². The van der Waals surface area contributed by atoms with Gasteiger partial charge in [-0.15, -0.1) is 0 Å². The number of carbonyl (C=O) groups excluding carboxylic acids is 1. The minimum absolute atomic E-state index is 0.0153. The zero-order valence-electron chi connectivity index (χ0n) is 14.9. The Kier molecular flexibility index (Phi) is 4.77. The van der Waals surface area contributed by atoms with Crippen molar-refractivity contribution < 1.29 is 24.1 Å². The van der Waals surface area contributed by atoms with Crippen molar-refractivity contribution in [1.82, 2.24) is 24.0 Å². The number of hydrogen-bond donors (Lipinski definition) is 3. The lowest BCUT2D eigenvalue weighted by atomic mass is 10.1. The van der Waals surface area contributed by atoms with Gasteiger partial charge in [0, 0.05) is 13.1 Å². The van der Waals surface area contributed by atoms with Crippen LogP contribution in [0.15, 0.2) is 11.0 Å². The number of halogens is 1. The molecule has 4 rings (SSSR count). The van der Waals surface area contributed by atoms with Crippen molar-refractivity contribution in [2.75, 3.05) is 25.4 Å². The third-order valence-electron chi connectivity index (χ3n) is 5.20. The summed E-state index contributed by atoms with van der Waals surface area (Å²) in [5, 5.41) is 19.4.